The normalized spacial score (nSPS) is 15.5. The molecule has 5 nitrogen and oxygen atoms in total. The first-order valence-electron chi connectivity index (χ1n) is 6.03. The van der Waals surface area contributed by atoms with Crippen LogP contribution in [-0.4, -0.2) is 29.1 Å². The Morgan fingerprint density at radius 1 is 0.842 bits per heavy atom. The molecule has 0 aliphatic heterocycles. The van der Waals surface area contributed by atoms with Gasteiger partial charge in [0.15, 0.2) is 8.32 Å². The maximum atomic E-state index is 11.5. The molecule has 0 heterocycles. The summed E-state index contributed by atoms with van der Waals surface area (Å²) in [6, 6.07) is 0. The fraction of sp³-hybridized carbons (Fsp3) is 0.500. The Morgan fingerprint density at radius 3 is 1.47 bits per heavy atom. The lowest BCUT2D eigenvalue weighted by Crippen LogP contribution is -2.51. The summed E-state index contributed by atoms with van der Waals surface area (Å²) in [7, 11) is -5.34. The van der Waals surface area contributed by atoms with Crippen LogP contribution >= 0.6 is 0 Å². The van der Waals surface area contributed by atoms with Crippen LogP contribution in [0.2, 0.25) is 26.2 Å². The maximum Gasteiger partial charge on any atom is 0.622 e. The number of allylic oxidation sites excluding steroid dienone is 2. The van der Waals surface area contributed by atoms with E-state index in [-0.39, 0.29) is 0 Å². The zero-order valence-corrected chi connectivity index (χ0v) is 14.4. The average Bonchev–Trinajstić information content (AvgIpc) is 2.12. The van der Waals surface area contributed by atoms with E-state index in [9.17, 15) is 9.59 Å². The van der Waals surface area contributed by atoms with E-state index in [2.05, 4.69) is 0 Å². The molecule has 0 aliphatic carbocycles. The molecule has 0 saturated carbocycles. The molecule has 0 amide bonds. The lowest BCUT2D eigenvalue weighted by atomic mass is 10.5. The van der Waals surface area contributed by atoms with Crippen molar-refractivity contribution in [1.82, 2.24) is 0 Å². The van der Waals surface area contributed by atoms with Gasteiger partial charge >= 0.3 is 20.7 Å². The third-order valence-corrected chi connectivity index (χ3v) is 6.75. The molecule has 0 unspecified atom stereocenters. The minimum absolute atomic E-state index is 0.566. The van der Waals surface area contributed by atoms with Crippen LogP contribution in [0.1, 0.15) is 13.8 Å². The van der Waals surface area contributed by atoms with E-state index < -0.39 is 29.1 Å². The number of rotatable bonds is 6. The summed E-state index contributed by atoms with van der Waals surface area (Å²) in [6.07, 6.45) is 5.64. The molecule has 0 spiro atoms. The first-order valence-corrected chi connectivity index (χ1v) is 11.7. The van der Waals surface area contributed by atoms with Gasteiger partial charge in [-0.1, -0.05) is 12.2 Å². The Kier molecular flexibility index (Phi) is 6.95. The quantitative estimate of drug-likeness (QED) is 0.557. The van der Waals surface area contributed by atoms with Crippen molar-refractivity contribution in [3.8, 4) is 0 Å². The lowest BCUT2D eigenvalue weighted by Gasteiger charge is -2.30. The smallest absolute Gasteiger partial charge is 0.462 e. The highest BCUT2D eigenvalue weighted by molar-refractivity contribution is 6.80. The average molecular weight is 302 g/mol. The lowest BCUT2D eigenvalue weighted by molar-refractivity contribution is -0.138. The third kappa shape index (κ3) is 8.52. The summed E-state index contributed by atoms with van der Waals surface area (Å²) >= 11 is 0. The maximum absolute atomic E-state index is 11.5. The van der Waals surface area contributed by atoms with Crippen molar-refractivity contribution in [2.75, 3.05) is 0 Å². The monoisotopic (exact) mass is 302 g/mol. The first kappa shape index (κ1) is 17.8. The second-order valence-electron chi connectivity index (χ2n) is 4.92. The highest BCUT2D eigenvalue weighted by atomic mass is 28.5. The van der Waals surface area contributed by atoms with Crippen LogP contribution in [0, 0.1) is 0 Å². The highest BCUT2D eigenvalue weighted by Crippen LogP contribution is 2.18. The molecule has 0 aliphatic rings. The van der Waals surface area contributed by atoms with E-state index >= 15 is 0 Å². The molecule has 0 aromatic rings. The van der Waals surface area contributed by atoms with Gasteiger partial charge in [0, 0.05) is 18.7 Å². The Hall–Kier alpha value is -1.19. The second-order valence-corrected chi connectivity index (χ2v) is 12.1. The Balaban J connectivity index is 5.01. The molecule has 0 aromatic carbocycles. The number of carbonyl (C=O) groups is 2. The van der Waals surface area contributed by atoms with Gasteiger partial charge in [-0.15, -0.1) is 0 Å². The van der Waals surface area contributed by atoms with Crippen LogP contribution in [0.15, 0.2) is 24.3 Å². The highest BCUT2D eigenvalue weighted by Gasteiger charge is 2.46. The molecule has 0 radical (unpaired) electrons. The Bertz CT molecular complexity index is 356. The summed E-state index contributed by atoms with van der Waals surface area (Å²) < 4.78 is 16.2. The zero-order chi connectivity index (χ0) is 15.1. The molecule has 108 valence electrons. The zero-order valence-electron chi connectivity index (χ0n) is 12.4. The molecule has 19 heavy (non-hydrogen) atoms. The standard InChI is InChI=1S/C12H22O5Si2/c1-7-9-11(13)15-19(6,17-18(3,4)5)16-12(14)10-8-2/h7-10H,1-6H3. The van der Waals surface area contributed by atoms with Crippen molar-refractivity contribution in [2.45, 2.75) is 40.0 Å². The molecule has 0 aromatic heterocycles. The number of carbonyl (C=O) groups excluding carboxylic acids is 2. The van der Waals surface area contributed by atoms with Crippen molar-refractivity contribution in [3.05, 3.63) is 24.3 Å². The molecule has 0 bridgehead atoms. The molecular formula is C12H22O5Si2. The summed E-state index contributed by atoms with van der Waals surface area (Å²) in [5.74, 6) is -1.13. The largest absolute Gasteiger partial charge is 0.622 e. The molecular weight excluding hydrogens is 280 g/mol. The van der Waals surface area contributed by atoms with Crippen LogP contribution in [0.25, 0.3) is 0 Å². The van der Waals surface area contributed by atoms with E-state index in [0.29, 0.717) is 0 Å². The van der Waals surface area contributed by atoms with E-state index in [1.165, 1.54) is 12.2 Å². The van der Waals surface area contributed by atoms with Crippen LogP contribution < -0.4 is 0 Å². The fourth-order valence-corrected chi connectivity index (χ4v) is 7.02. The van der Waals surface area contributed by atoms with E-state index in [4.69, 9.17) is 13.0 Å². The van der Waals surface area contributed by atoms with Gasteiger partial charge in [0.25, 0.3) is 0 Å². The Labute approximate surface area is 116 Å². The minimum atomic E-state index is -3.33. The fourth-order valence-electron chi connectivity index (χ4n) is 1.32. The van der Waals surface area contributed by atoms with Crippen LogP contribution in [0.3, 0.4) is 0 Å². The van der Waals surface area contributed by atoms with Gasteiger partial charge in [-0.3, -0.25) is 0 Å². The van der Waals surface area contributed by atoms with Crippen molar-refractivity contribution in [3.63, 3.8) is 0 Å². The SMILES string of the molecule is CC=CC(=O)O[Si](C)(OC(=O)C=CC)O[Si](C)(C)C. The summed E-state index contributed by atoms with van der Waals surface area (Å²) in [5, 5.41) is 0. The molecule has 0 rings (SSSR count). The van der Waals surface area contributed by atoms with Crippen molar-refractivity contribution in [1.29, 1.82) is 0 Å². The molecule has 0 atom stereocenters. The third-order valence-electron chi connectivity index (χ3n) is 1.67. The first-order chi connectivity index (χ1) is 8.62. The molecule has 7 heteroatoms. The number of hydrogen-bond acceptors (Lipinski definition) is 5. The van der Waals surface area contributed by atoms with Crippen molar-refractivity contribution < 1.29 is 22.6 Å². The van der Waals surface area contributed by atoms with Gasteiger partial charge in [-0.05, 0) is 33.5 Å². The second kappa shape index (κ2) is 7.41. The summed E-state index contributed by atoms with van der Waals surface area (Å²) in [6.45, 7) is 10.8. The predicted molar refractivity (Wildman–Crippen MR) is 77.9 cm³/mol. The van der Waals surface area contributed by atoms with Gasteiger partial charge in [0.2, 0.25) is 0 Å². The van der Waals surface area contributed by atoms with Gasteiger partial charge in [0.05, 0.1) is 0 Å². The topological polar surface area (TPSA) is 61.8 Å². The van der Waals surface area contributed by atoms with E-state index in [1.54, 1.807) is 32.5 Å². The summed E-state index contributed by atoms with van der Waals surface area (Å²) in [4.78, 5) is 23.1. The van der Waals surface area contributed by atoms with Crippen LogP contribution in [0.5, 0.6) is 0 Å². The molecule has 0 N–H and O–H groups in total. The van der Waals surface area contributed by atoms with Crippen LogP contribution in [0.4, 0.5) is 0 Å². The van der Waals surface area contributed by atoms with Crippen molar-refractivity contribution >= 4 is 29.1 Å². The van der Waals surface area contributed by atoms with E-state index in [1.807, 2.05) is 19.6 Å². The van der Waals surface area contributed by atoms with E-state index in [0.717, 1.165) is 0 Å². The Morgan fingerprint density at radius 2 is 1.21 bits per heavy atom. The minimum Gasteiger partial charge on any atom is -0.462 e. The summed E-state index contributed by atoms with van der Waals surface area (Å²) in [5.41, 5.74) is 0. The predicted octanol–water partition coefficient (Wildman–Crippen LogP) is 2.65. The van der Waals surface area contributed by atoms with Gasteiger partial charge in [-0.25, -0.2) is 9.59 Å². The molecule has 0 saturated heterocycles. The van der Waals surface area contributed by atoms with Crippen molar-refractivity contribution in [2.24, 2.45) is 0 Å². The molecule has 0 fully saturated rings. The van der Waals surface area contributed by atoms with Gasteiger partial charge < -0.3 is 13.0 Å². The van der Waals surface area contributed by atoms with Gasteiger partial charge in [-0.2, -0.15) is 0 Å². The van der Waals surface area contributed by atoms with Crippen LogP contribution in [-0.2, 0) is 22.6 Å². The van der Waals surface area contributed by atoms with Gasteiger partial charge in [0.1, 0.15) is 0 Å². The number of hydrogen-bond donors (Lipinski definition) is 0.